The molecule has 1 aromatic rings. The van der Waals surface area contributed by atoms with Gasteiger partial charge < -0.3 is 0 Å². The highest BCUT2D eigenvalue weighted by Crippen LogP contribution is 2.29. The van der Waals surface area contributed by atoms with Gasteiger partial charge in [-0.3, -0.25) is 14.4 Å². The molecule has 4 nitrogen and oxygen atoms in total. The molecule has 0 atom stereocenters. The molecule has 7 heteroatoms. The van der Waals surface area contributed by atoms with E-state index >= 15 is 0 Å². The third-order valence-corrected chi connectivity index (χ3v) is 3.46. The molecule has 0 saturated carbocycles. The smallest absolute Gasteiger partial charge is 0.276 e. The average molecular weight is 339 g/mol. The van der Waals surface area contributed by atoms with Crippen LogP contribution in [-0.2, 0) is 4.84 Å². The van der Waals surface area contributed by atoms with Crippen LogP contribution in [0.15, 0.2) is 12.1 Å². The molecule has 0 saturated heterocycles. The second-order valence-electron chi connectivity index (χ2n) is 4.04. The van der Waals surface area contributed by atoms with Gasteiger partial charge in [0.05, 0.1) is 27.8 Å². The van der Waals surface area contributed by atoms with Crippen molar-refractivity contribution in [3.05, 3.63) is 33.3 Å². The summed E-state index contributed by atoms with van der Waals surface area (Å²) in [6.07, 6.45) is 2.89. The molecule has 20 heavy (non-hydrogen) atoms. The van der Waals surface area contributed by atoms with Gasteiger partial charge in [0.25, 0.3) is 11.1 Å². The molecule has 110 valence electrons. The maximum absolute atomic E-state index is 11.9. The Bertz CT molecular complexity index is 506. The second kappa shape index (κ2) is 8.47. The van der Waals surface area contributed by atoms with Gasteiger partial charge in [0.15, 0.2) is 0 Å². The Morgan fingerprint density at radius 2 is 1.95 bits per heavy atom. The molecule has 1 rings (SSSR count). The minimum atomic E-state index is -0.760. The van der Waals surface area contributed by atoms with Gasteiger partial charge in [0.2, 0.25) is 0 Å². The Balaban J connectivity index is 2.77. The van der Waals surface area contributed by atoms with E-state index in [1.54, 1.807) is 0 Å². The van der Waals surface area contributed by atoms with Crippen LogP contribution in [0.3, 0.4) is 0 Å². The lowest BCUT2D eigenvalue weighted by molar-refractivity contribution is 0.0299. The van der Waals surface area contributed by atoms with Gasteiger partial charge in [-0.25, -0.2) is 5.48 Å². The summed E-state index contributed by atoms with van der Waals surface area (Å²) in [5.74, 6) is -0.615. The van der Waals surface area contributed by atoms with Gasteiger partial charge in [0.1, 0.15) is 0 Å². The van der Waals surface area contributed by atoms with E-state index in [2.05, 4.69) is 12.4 Å². The van der Waals surface area contributed by atoms with Crippen molar-refractivity contribution < 1.29 is 14.4 Å². The van der Waals surface area contributed by atoms with E-state index in [0.29, 0.717) is 6.61 Å². The molecule has 0 radical (unpaired) electrons. The topological polar surface area (TPSA) is 55.4 Å². The summed E-state index contributed by atoms with van der Waals surface area (Å²) in [6.45, 7) is 2.45. The maximum Gasteiger partial charge on any atom is 0.277 e. The third kappa shape index (κ3) is 4.63. The fourth-order valence-electron chi connectivity index (χ4n) is 1.50. The normalized spacial score (nSPS) is 10.4. The average Bonchev–Trinajstić information content (AvgIpc) is 2.38. The van der Waals surface area contributed by atoms with Crippen LogP contribution in [0.25, 0.3) is 0 Å². The van der Waals surface area contributed by atoms with E-state index in [-0.39, 0.29) is 21.2 Å². The lowest BCUT2D eigenvalue weighted by Gasteiger charge is -2.10. The summed E-state index contributed by atoms with van der Waals surface area (Å²) in [7, 11) is 0. The lowest BCUT2D eigenvalue weighted by Crippen LogP contribution is -2.25. The summed E-state index contributed by atoms with van der Waals surface area (Å²) in [5.41, 5.74) is 2.23. The predicted octanol–water partition coefficient (Wildman–Crippen LogP) is 4.22. The fraction of sp³-hybridized carbons (Fsp3) is 0.385. The monoisotopic (exact) mass is 337 g/mol. The van der Waals surface area contributed by atoms with E-state index < -0.39 is 11.1 Å². The van der Waals surface area contributed by atoms with Crippen molar-refractivity contribution in [2.45, 2.75) is 26.2 Å². The van der Waals surface area contributed by atoms with Crippen LogP contribution in [-0.4, -0.2) is 17.8 Å². The summed E-state index contributed by atoms with van der Waals surface area (Å²) in [5, 5.41) is -0.733. The molecule has 1 N–H and O–H groups in total. The van der Waals surface area contributed by atoms with Gasteiger partial charge in [-0.1, -0.05) is 43.0 Å². The van der Waals surface area contributed by atoms with Crippen molar-refractivity contribution in [1.29, 1.82) is 0 Å². The number of halogens is 3. The third-order valence-electron chi connectivity index (χ3n) is 2.54. The number of nitrogens with one attached hydrogen (secondary N) is 1. The van der Waals surface area contributed by atoms with Crippen molar-refractivity contribution >= 4 is 46.0 Å². The largest absolute Gasteiger partial charge is 0.277 e. The number of hydrogen-bond acceptors (Lipinski definition) is 3. The fourth-order valence-corrected chi connectivity index (χ4v) is 2.34. The van der Waals surface area contributed by atoms with E-state index in [9.17, 15) is 9.59 Å². The molecule has 0 aromatic heterocycles. The molecule has 0 unspecified atom stereocenters. The standard InChI is InChI=1S/C13H14Cl3NO3/c1-2-3-4-7-20-17-13(19)10-9(14)6-5-8(11(10)15)12(16)18/h5-6H,2-4,7H2,1H3,(H,17,19). The van der Waals surface area contributed by atoms with Gasteiger partial charge in [-0.05, 0) is 30.2 Å². The molecule has 0 aliphatic rings. The van der Waals surface area contributed by atoms with Crippen molar-refractivity contribution in [1.82, 2.24) is 5.48 Å². The number of carbonyl (C=O) groups is 2. The van der Waals surface area contributed by atoms with Crippen LogP contribution in [0.2, 0.25) is 10.0 Å². The molecule has 0 aliphatic carbocycles. The molecule has 0 fully saturated rings. The summed E-state index contributed by atoms with van der Waals surface area (Å²) >= 11 is 17.2. The van der Waals surface area contributed by atoms with Crippen molar-refractivity contribution in [2.24, 2.45) is 0 Å². The minimum absolute atomic E-state index is 0.0221. The van der Waals surface area contributed by atoms with Crippen LogP contribution in [0.4, 0.5) is 0 Å². The molecule has 0 heterocycles. The van der Waals surface area contributed by atoms with Crippen molar-refractivity contribution in [2.75, 3.05) is 6.61 Å². The zero-order valence-corrected chi connectivity index (χ0v) is 13.1. The Labute approximate surface area is 132 Å². The maximum atomic E-state index is 11.9. The highest BCUT2D eigenvalue weighted by atomic mass is 35.5. The van der Waals surface area contributed by atoms with Crippen LogP contribution in [0.1, 0.15) is 46.9 Å². The molecule has 1 amide bonds. The molecular weight excluding hydrogens is 325 g/mol. The number of hydroxylamine groups is 1. The minimum Gasteiger partial charge on any atom is -0.276 e. The number of rotatable bonds is 7. The van der Waals surface area contributed by atoms with Crippen LogP contribution in [0, 0.1) is 0 Å². The van der Waals surface area contributed by atoms with Crippen molar-refractivity contribution in [3.63, 3.8) is 0 Å². The number of unbranched alkanes of at least 4 members (excludes halogenated alkanes) is 2. The zero-order chi connectivity index (χ0) is 15.1. The van der Waals surface area contributed by atoms with Crippen LogP contribution >= 0.6 is 34.8 Å². The Hall–Kier alpha value is -0.810. The first kappa shape index (κ1) is 17.2. The number of amides is 1. The van der Waals surface area contributed by atoms with Gasteiger partial charge in [-0.2, -0.15) is 0 Å². The number of carbonyl (C=O) groups excluding carboxylic acids is 2. The molecule has 1 aromatic carbocycles. The van der Waals surface area contributed by atoms with Gasteiger partial charge in [0, 0.05) is 0 Å². The van der Waals surface area contributed by atoms with Crippen LogP contribution < -0.4 is 5.48 Å². The van der Waals surface area contributed by atoms with Crippen molar-refractivity contribution in [3.8, 4) is 0 Å². The predicted molar refractivity (Wildman–Crippen MR) is 79.6 cm³/mol. The van der Waals surface area contributed by atoms with E-state index in [0.717, 1.165) is 19.3 Å². The van der Waals surface area contributed by atoms with Gasteiger partial charge >= 0.3 is 0 Å². The first-order valence-electron chi connectivity index (χ1n) is 6.09. The Morgan fingerprint density at radius 3 is 2.55 bits per heavy atom. The van der Waals surface area contributed by atoms with E-state index in [1.165, 1.54) is 12.1 Å². The lowest BCUT2D eigenvalue weighted by atomic mass is 10.1. The summed E-state index contributed by atoms with van der Waals surface area (Å²) < 4.78 is 0. The number of hydrogen-bond donors (Lipinski definition) is 1. The van der Waals surface area contributed by atoms with Gasteiger partial charge in [-0.15, -0.1) is 0 Å². The Kier molecular flexibility index (Phi) is 7.30. The summed E-state index contributed by atoms with van der Waals surface area (Å²) in [4.78, 5) is 28.1. The first-order valence-corrected chi connectivity index (χ1v) is 7.22. The van der Waals surface area contributed by atoms with Crippen LogP contribution in [0.5, 0.6) is 0 Å². The number of benzene rings is 1. The second-order valence-corrected chi connectivity index (χ2v) is 5.17. The highest BCUT2D eigenvalue weighted by molar-refractivity contribution is 6.69. The van der Waals surface area contributed by atoms with E-state index in [4.69, 9.17) is 39.6 Å². The molecule has 0 bridgehead atoms. The molecular formula is C13H14Cl3NO3. The first-order chi connectivity index (χ1) is 9.49. The highest BCUT2D eigenvalue weighted by Gasteiger charge is 2.20. The Morgan fingerprint density at radius 1 is 1.25 bits per heavy atom. The van der Waals surface area contributed by atoms with E-state index in [1.807, 2.05) is 0 Å². The zero-order valence-electron chi connectivity index (χ0n) is 10.8. The SMILES string of the molecule is CCCCCONC(=O)c1c(Cl)ccc(C(=O)Cl)c1Cl. The molecule has 0 spiro atoms. The quantitative estimate of drug-likeness (QED) is 0.460. The molecule has 0 aliphatic heterocycles. The summed E-state index contributed by atoms with van der Waals surface area (Å²) in [6, 6.07) is 2.74.